The molecular formula is C72H135NO5. The Morgan fingerprint density at radius 2 is 0.641 bits per heavy atom. The maximum absolute atomic E-state index is 12.5. The number of aliphatic hydroxyl groups is 2. The number of ether oxygens (including phenoxy) is 1. The molecule has 0 aromatic rings. The zero-order valence-corrected chi connectivity index (χ0v) is 52.4. The molecule has 0 aliphatic rings. The van der Waals surface area contributed by atoms with Gasteiger partial charge < -0.3 is 20.3 Å². The summed E-state index contributed by atoms with van der Waals surface area (Å²) in [5.41, 5.74) is 0. The minimum absolute atomic E-state index is 0.00820. The lowest BCUT2D eigenvalue weighted by Gasteiger charge is -2.20. The van der Waals surface area contributed by atoms with E-state index < -0.39 is 12.1 Å². The lowest BCUT2D eigenvalue weighted by Crippen LogP contribution is -2.45. The highest BCUT2D eigenvalue weighted by Crippen LogP contribution is 2.18. The van der Waals surface area contributed by atoms with Crippen molar-refractivity contribution < 1.29 is 24.5 Å². The first-order valence-corrected chi connectivity index (χ1v) is 34.9. The topological polar surface area (TPSA) is 95.9 Å². The van der Waals surface area contributed by atoms with Crippen LogP contribution in [0.2, 0.25) is 0 Å². The number of carbonyl (C=O) groups excluding carboxylic acids is 2. The molecule has 0 saturated carbocycles. The zero-order chi connectivity index (χ0) is 56.4. The number of unbranched alkanes of at least 4 members (excludes halogenated alkanes) is 48. The maximum Gasteiger partial charge on any atom is 0.305 e. The van der Waals surface area contributed by atoms with Crippen LogP contribution in [0.1, 0.15) is 373 Å². The molecule has 1 amide bonds. The molecule has 458 valence electrons. The number of nitrogens with one attached hydrogen (secondary N) is 1. The molecule has 6 heteroatoms. The quantitative estimate of drug-likeness (QED) is 0.0320. The van der Waals surface area contributed by atoms with Gasteiger partial charge >= 0.3 is 5.97 Å². The SMILES string of the molecule is CCCCCC/C=C\C/C=C\CCCCCCCCCC(=O)OCCCCCCCCCCCCCC/C=C\CCCCCCCCCCCCCCC(=O)NC(CO)C(O)/C=C/CCCCCCCCCCCCCCC. The Morgan fingerprint density at radius 3 is 1.00 bits per heavy atom. The van der Waals surface area contributed by atoms with Crippen LogP contribution in [-0.4, -0.2) is 47.4 Å². The van der Waals surface area contributed by atoms with E-state index in [9.17, 15) is 19.8 Å². The number of allylic oxidation sites excluding steroid dienone is 7. The van der Waals surface area contributed by atoms with Gasteiger partial charge in [-0.05, 0) is 89.9 Å². The highest BCUT2D eigenvalue weighted by atomic mass is 16.5. The van der Waals surface area contributed by atoms with Crippen molar-refractivity contribution in [3.63, 3.8) is 0 Å². The van der Waals surface area contributed by atoms with Crippen LogP contribution in [0, 0.1) is 0 Å². The van der Waals surface area contributed by atoms with Crippen LogP contribution in [0.3, 0.4) is 0 Å². The maximum atomic E-state index is 12.5. The molecule has 0 heterocycles. The number of aliphatic hydroxyl groups excluding tert-OH is 2. The number of amides is 1. The van der Waals surface area contributed by atoms with Crippen LogP contribution in [0.25, 0.3) is 0 Å². The van der Waals surface area contributed by atoms with Crippen molar-refractivity contribution in [3.05, 3.63) is 48.6 Å². The second-order valence-corrected chi connectivity index (χ2v) is 23.9. The van der Waals surface area contributed by atoms with E-state index in [1.807, 2.05) is 6.08 Å². The van der Waals surface area contributed by atoms with Crippen molar-refractivity contribution in [1.29, 1.82) is 0 Å². The fourth-order valence-electron chi connectivity index (χ4n) is 10.7. The molecular weight excluding hydrogens is 959 g/mol. The molecule has 0 radical (unpaired) electrons. The Labute approximate surface area is 486 Å². The third kappa shape index (κ3) is 63.0. The van der Waals surface area contributed by atoms with Gasteiger partial charge in [-0.3, -0.25) is 9.59 Å². The predicted octanol–water partition coefficient (Wildman–Crippen LogP) is 22.5. The second-order valence-electron chi connectivity index (χ2n) is 23.9. The molecule has 0 aliphatic heterocycles. The summed E-state index contributed by atoms with van der Waals surface area (Å²) in [5, 5.41) is 23.2. The van der Waals surface area contributed by atoms with E-state index in [0.717, 1.165) is 51.4 Å². The Hall–Kier alpha value is -2.18. The summed E-state index contributed by atoms with van der Waals surface area (Å²) < 4.78 is 5.50. The number of hydrogen-bond acceptors (Lipinski definition) is 5. The molecule has 0 bridgehead atoms. The van der Waals surface area contributed by atoms with Crippen molar-refractivity contribution >= 4 is 11.9 Å². The Kier molecular flexibility index (Phi) is 65.4. The Bertz CT molecular complexity index is 1310. The van der Waals surface area contributed by atoms with Gasteiger partial charge in [0.05, 0.1) is 25.4 Å². The van der Waals surface area contributed by atoms with E-state index in [1.54, 1.807) is 6.08 Å². The van der Waals surface area contributed by atoms with Crippen LogP contribution >= 0.6 is 0 Å². The zero-order valence-electron chi connectivity index (χ0n) is 52.4. The summed E-state index contributed by atoms with van der Waals surface area (Å²) in [6, 6.07) is -0.628. The van der Waals surface area contributed by atoms with Crippen molar-refractivity contribution in [3.8, 4) is 0 Å². The Balaban J connectivity index is 3.39. The van der Waals surface area contributed by atoms with Crippen LogP contribution in [0.5, 0.6) is 0 Å². The average Bonchev–Trinajstić information content (AvgIpc) is 3.44. The molecule has 3 N–H and O–H groups in total. The van der Waals surface area contributed by atoms with Crippen molar-refractivity contribution in [1.82, 2.24) is 5.32 Å². The Morgan fingerprint density at radius 1 is 0.359 bits per heavy atom. The number of hydrogen-bond donors (Lipinski definition) is 3. The van der Waals surface area contributed by atoms with Gasteiger partial charge in [-0.1, -0.05) is 319 Å². The molecule has 78 heavy (non-hydrogen) atoms. The van der Waals surface area contributed by atoms with Crippen LogP contribution < -0.4 is 5.32 Å². The van der Waals surface area contributed by atoms with Gasteiger partial charge in [-0.2, -0.15) is 0 Å². The first-order chi connectivity index (χ1) is 38.5. The summed E-state index contributed by atoms with van der Waals surface area (Å²) in [6.45, 7) is 4.90. The largest absolute Gasteiger partial charge is 0.466 e. The lowest BCUT2D eigenvalue weighted by atomic mass is 10.0. The van der Waals surface area contributed by atoms with Gasteiger partial charge in [0.2, 0.25) is 5.91 Å². The van der Waals surface area contributed by atoms with Gasteiger partial charge in [0.15, 0.2) is 0 Å². The molecule has 0 aliphatic carbocycles. The molecule has 0 fully saturated rings. The highest BCUT2D eigenvalue weighted by molar-refractivity contribution is 5.76. The molecule has 0 saturated heterocycles. The fraction of sp³-hybridized carbons (Fsp3) is 0.861. The first-order valence-electron chi connectivity index (χ1n) is 34.9. The van der Waals surface area contributed by atoms with E-state index in [0.29, 0.717) is 19.4 Å². The van der Waals surface area contributed by atoms with Crippen LogP contribution in [0.15, 0.2) is 48.6 Å². The molecule has 0 spiro atoms. The molecule has 0 aromatic carbocycles. The minimum atomic E-state index is -0.845. The summed E-state index contributed by atoms with van der Waals surface area (Å²) in [7, 11) is 0. The van der Waals surface area contributed by atoms with E-state index in [-0.39, 0.29) is 18.5 Å². The van der Waals surface area contributed by atoms with E-state index in [4.69, 9.17) is 4.74 Å². The normalized spacial score (nSPS) is 12.8. The van der Waals surface area contributed by atoms with Gasteiger partial charge in [-0.25, -0.2) is 0 Å². The summed E-state index contributed by atoms with van der Waals surface area (Å²) in [5.74, 6) is -0.0583. The van der Waals surface area contributed by atoms with Crippen molar-refractivity contribution in [2.75, 3.05) is 13.2 Å². The molecule has 6 nitrogen and oxygen atoms in total. The summed E-state index contributed by atoms with van der Waals surface area (Å²) in [6.07, 6.45) is 87.5. The second kappa shape index (κ2) is 67.3. The standard InChI is InChI=1S/C72H135NO5/c1-3-5-7-9-11-13-15-17-19-20-34-38-42-46-50-54-58-62-66-72(77)78-67-63-59-55-51-47-43-39-35-32-30-28-26-24-22-21-23-25-27-29-31-33-37-41-45-49-53-57-61-65-71(76)73-69(68-74)70(75)64-60-56-52-48-44-40-36-18-16-14-12-10-8-6-4-2/h13,15,19-22,60,64,69-70,74-75H,3-12,14,16-18,23-59,61-63,65-68H2,1-2H3,(H,73,76)/b15-13-,20-19-,22-21-,64-60+. The number of esters is 1. The monoisotopic (exact) mass is 1090 g/mol. The highest BCUT2D eigenvalue weighted by Gasteiger charge is 2.18. The molecule has 2 unspecified atom stereocenters. The summed E-state index contributed by atoms with van der Waals surface area (Å²) in [4.78, 5) is 24.6. The van der Waals surface area contributed by atoms with E-state index in [1.165, 1.54) is 295 Å². The molecule has 0 aromatic heterocycles. The van der Waals surface area contributed by atoms with Gasteiger partial charge in [0.1, 0.15) is 0 Å². The number of rotatable bonds is 65. The third-order valence-electron chi connectivity index (χ3n) is 16.1. The van der Waals surface area contributed by atoms with Gasteiger partial charge in [-0.15, -0.1) is 0 Å². The first kappa shape index (κ1) is 75.8. The average molecular weight is 1090 g/mol. The van der Waals surface area contributed by atoms with Gasteiger partial charge in [0, 0.05) is 12.8 Å². The van der Waals surface area contributed by atoms with Crippen LogP contribution in [-0.2, 0) is 14.3 Å². The fourth-order valence-corrected chi connectivity index (χ4v) is 10.7. The van der Waals surface area contributed by atoms with E-state index in [2.05, 4.69) is 55.6 Å². The van der Waals surface area contributed by atoms with E-state index >= 15 is 0 Å². The predicted molar refractivity (Wildman–Crippen MR) is 342 cm³/mol. The molecule has 0 rings (SSSR count). The van der Waals surface area contributed by atoms with Crippen molar-refractivity contribution in [2.45, 2.75) is 386 Å². The smallest absolute Gasteiger partial charge is 0.305 e. The summed E-state index contributed by atoms with van der Waals surface area (Å²) >= 11 is 0. The van der Waals surface area contributed by atoms with Crippen LogP contribution in [0.4, 0.5) is 0 Å². The lowest BCUT2D eigenvalue weighted by molar-refractivity contribution is -0.143. The number of carbonyl (C=O) groups is 2. The third-order valence-corrected chi connectivity index (χ3v) is 16.1. The van der Waals surface area contributed by atoms with Crippen molar-refractivity contribution in [2.24, 2.45) is 0 Å². The molecule has 2 atom stereocenters. The van der Waals surface area contributed by atoms with Gasteiger partial charge in [0.25, 0.3) is 0 Å². The minimum Gasteiger partial charge on any atom is -0.466 e.